The van der Waals surface area contributed by atoms with Crippen LogP contribution >= 0.6 is 0 Å². The zero-order chi connectivity index (χ0) is 16.4. The zero-order valence-electron chi connectivity index (χ0n) is 12.1. The number of hydrogen-bond donors (Lipinski definition) is 1. The molecule has 0 unspecified atom stereocenters. The fraction of sp³-hybridized carbons (Fsp3) is 0.200. The molecule has 1 N–H and O–H groups in total. The minimum atomic E-state index is -4.46. The summed E-state index contributed by atoms with van der Waals surface area (Å²) < 4.78 is 44.5. The van der Waals surface area contributed by atoms with Crippen LogP contribution in [0.25, 0.3) is 11.3 Å². The van der Waals surface area contributed by atoms with Crippen LogP contribution in [0.4, 0.5) is 13.2 Å². The van der Waals surface area contributed by atoms with Crippen LogP contribution in [0.3, 0.4) is 0 Å². The van der Waals surface area contributed by atoms with Crippen LogP contribution in [0, 0.1) is 0 Å². The van der Waals surface area contributed by atoms with Crippen LogP contribution in [0.5, 0.6) is 5.75 Å². The second-order valence-corrected chi connectivity index (χ2v) is 4.92. The Labute approximate surface area is 129 Å². The van der Waals surface area contributed by atoms with Gasteiger partial charge >= 0.3 is 6.18 Å². The number of hydrogen-bond acceptors (Lipinski definition) is 3. The van der Waals surface area contributed by atoms with Crippen molar-refractivity contribution in [1.82, 2.24) is 19.7 Å². The Hall–Kier alpha value is -2.77. The number of aromatic nitrogens is 4. The molecule has 0 aliphatic rings. The first-order valence-electron chi connectivity index (χ1n) is 6.75. The van der Waals surface area contributed by atoms with Crippen molar-refractivity contribution in [3.8, 4) is 17.0 Å². The summed E-state index contributed by atoms with van der Waals surface area (Å²) >= 11 is 0. The van der Waals surface area contributed by atoms with Crippen molar-refractivity contribution < 1.29 is 17.9 Å². The molecular formula is C15H13F3N4O. The molecule has 3 rings (SSSR count). The number of benzene rings is 1. The number of ether oxygens (including phenoxy) is 1. The van der Waals surface area contributed by atoms with Crippen molar-refractivity contribution in [2.45, 2.75) is 12.8 Å². The van der Waals surface area contributed by atoms with Gasteiger partial charge in [-0.25, -0.2) is 4.98 Å². The molecule has 0 saturated carbocycles. The molecule has 0 bridgehead atoms. The summed E-state index contributed by atoms with van der Waals surface area (Å²) in [5.74, 6) is 0.558. The predicted octanol–water partition coefficient (Wildman–Crippen LogP) is 3.41. The van der Waals surface area contributed by atoms with Crippen LogP contribution in [0.1, 0.15) is 11.4 Å². The molecule has 8 heteroatoms. The van der Waals surface area contributed by atoms with E-state index in [1.54, 1.807) is 24.7 Å². The van der Waals surface area contributed by atoms with E-state index < -0.39 is 11.9 Å². The monoisotopic (exact) mass is 322 g/mol. The minimum Gasteiger partial charge on any atom is -0.487 e. The zero-order valence-corrected chi connectivity index (χ0v) is 12.1. The van der Waals surface area contributed by atoms with Gasteiger partial charge in [-0.05, 0) is 35.9 Å². The molecule has 2 aromatic heterocycles. The van der Waals surface area contributed by atoms with Gasteiger partial charge in [-0.2, -0.15) is 18.3 Å². The minimum absolute atomic E-state index is 0.00296. The highest BCUT2D eigenvalue weighted by molar-refractivity contribution is 5.58. The first kappa shape index (κ1) is 15.1. The first-order valence-corrected chi connectivity index (χ1v) is 6.75. The molecule has 1 aromatic carbocycles. The number of halogens is 3. The standard InChI is InChI=1S/C15H13F3N4O/c1-22-11(6-14(21-22)15(16,17)18)8-23-12-4-2-10(3-5-12)13-7-19-9-20-13/h2-7,9H,8H2,1H3,(H,19,20). The van der Waals surface area contributed by atoms with Crippen molar-refractivity contribution >= 4 is 0 Å². The summed E-state index contributed by atoms with van der Waals surface area (Å²) in [6, 6.07) is 8.16. The van der Waals surface area contributed by atoms with Gasteiger partial charge in [0.2, 0.25) is 0 Å². The highest BCUT2D eigenvalue weighted by atomic mass is 19.4. The summed E-state index contributed by atoms with van der Waals surface area (Å²) in [6.07, 6.45) is -1.17. The maximum absolute atomic E-state index is 12.6. The number of alkyl halides is 3. The average Bonchev–Trinajstić information content (AvgIpc) is 3.15. The molecule has 0 saturated heterocycles. The van der Waals surface area contributed by atoms with Crippen molar-refractivity contribution in [3.05, 3.63) is 54.2 Å². The Morgan fingerprint density at radius 2 is 1.96 bits per heavy atom. The van der Waals surface area contributed by atoms with E-state index >= 15 is 0 Å². The van der Waals surface area contributed by atoms with Gasteiger partial charge in [0.05, 0.1) is 23.9 Å². The second-order valence-electron chi connectivity index (χ2n) is 4.92. The molecule has 0 aliphatic carbocycles. The lowest BCUT2D eigenvalue weighted by Crippen LogP contribution is -2.06. The van der Waals surface area contributed by atoms with Crippen molar-refractivity contribution in [3.63, 3.8) is 0 Å². The highest BCUT2D eigenvalue weighted by Crippen LogP contribution is 2.28. The van der Waals surface area contributed by atoms with Gasteiger partial charge < -0.3 is 9.72 Å². The Balaban J connectivity index is 1.68. The smallest absolute Gasteiger partial charge is 0.435 e. The molecule has 5 nitrogen and oxygen atoms in total. The Morgan fingerprint density at radius 1 is 1.22 bits per heavy atom. The third kappa shape index (κ3) is 3.36. The molecule has 0 radical (unpaired) electrons. The van der Waals surface area contributed by atoms with Gasteiger partial charge in [0.15, 0.2) is 5.69 Å². The van der Waals surface area contributed by atoms with Crippen molar-refractivity contribution in [2.24, 2.45) is 7.05 Å². The topological polar surface area (TPSA) is 55.7 Å². The molecule has 0 aliphatic heterocycles. The molecule has 0 fully saturated rings. The lowest BCUT2D eigenvalue weighted by Gasteiger charge is -2.07. The Kier molecular flexibility index (Phi) is 3.81. The summed E-state index contributed by atoms with van der Waals surface area (Å²) in [4.78, 5) is 6.93. The fourth-order valence-corrected chi connectivity index (χ4v) is 2.08. The number of nitrogens with zero attached hydrogens (tertiary/aromatic N) is 3. The molecule has 3 aromatic rings. The quantitative estimate of drug-likeness (QED) is 0.801. The van der Waals surface area contributed by atoms with E-state index in [1.807, 2.05) is 12.1 Å². The maximum Gasteiger partial charge on any atom is 0.435 e. The molecular weight excluding hydrogens is 309 g/mol. The molecule has 0 spiro atoms. The number of rotatable bonds is 4. The Bertz CT molecular complexity index is 776. The SMILES string of the molecule is Cn1nc(C(F)(F)F)cc1COc1ccc(-c2cnc[nH]2)cc1. The van der Waals surface area contributed by atoms with E-state index in [0.29, 0.717) is 11.4 Å². The van der Waals surface area contributed by atoms with E-state index in [-0.39, 0.29) is 6.61 Å². The van der Waals surface area contributed by atoms with Crippen LogP contribution in [-0.2, 0) is 19.8 Å². The van der Waals surface area contributed by atoms with Gasteiger partial charge in [0.1, 0.15) is 12.4 Å². The van der Waals surface area contributed by atoms with Crippen LogP contribution in [0.2, 0.25) is 0 Å². The summed E-state index contributed by atoms with van der Waals surface area (Å²) in [6.45, 7) is 0.00296. The van der Waals surface area contributed by atoms with E-state index in [1.165, 1.54) is 11.7 Å². The molecule has 120 valence electrons. The van der Waals surface area contributed by atoms with E-state index in [4.69, 9.17) is 4.74 Å². The van der Waals surface area contributed by atoms with Crippen molar-refractivity contribution in [2.75, 3.05) is 0 Å². The lowest BCUT2D eigenvalue weighted by atomic mass is 10.2. The third-order valence-electron chi connectivity index (χ3n) is 3.32. The predicted molar refractivity (Wildman–Crippen MR) is 76.6 cm³/mol. The van der Waals surface area contributed by atoms with Crippen LogP contribution < -0.4 is 4.74 Å². The number of nitrogens with one attached hydrogen (secondary N) is 1. The summed E-state index contributed by atoms with van der Waals surface area (Å²) in [5.41, 5.74) is 1.23. The largest absolute Gasteiger partial charge is 0.487 e. The molecule has 0 atom stereocenters. The van der Waals surface area contributed by atoms with Crippen LogP contribution in [-0.4, -0.2) is 19.7 Å². The first-order chi connectivity index (χ1) is 10.9. The van der Waals surface area contributed by atoms with Gasteiger partial charge in [0, 0.05) is 7.05 Å². The molecule has 0 amide bonds. The third-order valence-corrected chi connectivity index (χ3v) is 3.32. The molecule has 2 heterocycles. The van der Waals surface area contributed by atoms with Gasteiger partial charge in [-0.3, -0.25) is 4.68 Å². The highest BCUT2D eigenvalue weighted by Gasteiger charge is 2.34. The fourth-order valence-electron chi connectivity index (χ4n) is 2.08. The second kappa shape index (κ2) is 5.79. The summed E-state index contributed by atoms with van der Waals surface area (Å²) in [5, 5.41) is 3.44. The maximum atomic E-state index is 12.6. The number of imidazole rings is 1. The Morgan fingerprint density at radius 3 is 2.52 bits per heavy atom. The number of aryl methyl sites for hydroxylation is 1. The van der Waals surface area contributed by atoms with Crippen molar-refractivity contribution in [1.29, 1.82) is 0 Å². The number of aromatic amines is 1. The van der Waals surface area contributed by atoms with E-state index in [2.05, 4.69) is 15.1 Å². The molecule has 23 heavy (non-hydrogen) atoms. The van der Waals surface area contributed by atoms with Gasteiger partial charge in [-0.15, -0.1) is 0 Å². The lowest BCUT2D eigenvalue weighted by molar-refractivity contribution is -0.141. The van der Waals surface area contributed by atoms with Crippen LogP contribution in [0.15, 0.2) is 42.9 Å². The van der Waals surface area contributed by atoms with Gasteiger partial charge in [-0.1, -0.05) is 0 Å². The normalized spacial score (nSPS) is 11.7. The number of H-pyrrole nitrogens is 1. The summed E-state index contributed by atoms with van der Waals surface area (Å²) in [7, 11) is 1.45. The van der Waals surface area contributed by atoms with E-state index in [9.17, 15) is 13.2 Å². The average molecular weight is 322 g/mol. The van der Waals surface area contributed by atoms with E-state index in [0.717, 1.165) is 17.3 Å². The van der Waals surface area contributed by atoms with Gasteiger partial charge in [0.25, 0.3) is 0 Å².